The zero-order valence-corrected chi connectivity index (χ0v) is 18.1. The van der Waals surface area contributed by atoms with Crippen LogP contribution in [0.25, 0.3) is 5.52 Å². The molecule has 11 heteroatoms. The molecular formula is C22H25F2N7O2. The van der Waals surface area contributed by atoms with Crippen LogP contribution in [0.5, 0.6) is 5.75 Å². The number of aromatic nitrogens is 3. The first-order valence-corrected chi connectivity index (χ1v) is 10.6. The number of fused-ring (bicyclic) bond motifs is 1. The van der Waals surface area contributed by atoms with E-state index in [-0.39, 0.29) is 17.3 Å². The van der Waals surface area contributed by atoms with Gasteiger partial charge in [0.25, 0.3) is 0 Å². The molecule has 1 saturated heterocycles. The minimum absolute atomic E-state index is 0.0728. The molecule has 33 heavy (non-hydrogen) atoms. The Morgan fingerprint density at radius 2 is 2.12 bits per heavy atom. The Kier molecular flexibility index (Phi) is 6.90. The van der Waals surface area contributed by atoms with Gasteiger partial charge in [-0.25, -0.2) is 13.3 Å². The summed E-state index contributed by atoms with van der Waals surface area (Å²) in [6.07, 6.45) is 4.54. The summed E-state index contributed by atoms with van der Waals surface area (Å²) in [6, 6.07) is 4.33. The van der Waals surface area contributed by atoms with Crippen molar-refractivity contribution in [3.05, 3.63) is 59.7 Å². The summed E-state index contributed by atoms with van der Waals surface area (Å²) in [5.41, 5.74) is 1.93. The zero-order chi connectivity index (χ0) is 23.4. The molecule has 0 aromatic carbocycles. The molecule has 0 amide bonds. The number of rotatable bonds is 7. The maximum absolute atomic E-state index is 14.5. The van der Waals surface area contributed by atoms with E-state index < -0.39 is 24.3 Å². The van der Waals surface area contributed by atoms with Crippen LogP contribution >= 0.6 is 0 Å². The molecule has 0 saturated carbocycles. The molecule has 4 heterocycles. The van der Waals surface area contributed by atoms with Crippen molar-refractivity contribution in [1.82, 2.24) is 19.9 Å². The van der Waals surface area contributed by atoms with Gasteiger partial charge in [0.2, 0.25) is 0 Å². The number of nitrogens with zero attached hydrogens (tertiary/aromatic N) is 5. The Balaban J connectivity index is 1.71. The first-order valence-electron chi connectivity index (χ1n) is 10.6. The number of aliphatic hydroxyl groups is 1. The van der Waals surface area contributed by atoms with Gasteiger partial charge < -0.3 is 21.0 Å². The highest BCUT2D eigenvalue weighted by molar-refractivity contribution is 6.47. The third-order valence-corrected chi connectivity index (χ3v) is 5.48. The van der Waals surface area contributed by atoms with E-state index in [2.05, 4.69) is 20.5 Å². The van der Waals surface area contributed by atoms with E-state index in [0.717, 1.165) is 38.3 Å². The number of nitrogens with one attached hydrogen (secondary N) is 1. The molecule has 4 N–H and O–H groups in total. The van der Waals surface area contributed by atoms with Gasteiger partial charge in [-0.2, -0.15) is 10.2 Å². The summed E-state index contributed by atoms with van der Waals surface area (Å²) in [7, 11) is 0. The lowest BCUT2D eigenvalue weighted by Gasteiger charge is -2.20. The van der Waals surface area contributed by atoms with Gasteiger partial charge in [0.15, 0.2) is 11.9 Å². The molecule has 9 nitrogen and oxygen atoms in total. The van der Waals surface area contributed by atoms with Crippen LogP contribution in [0.4, 0.5) is 8.78 Å². The molecule has 3 aromatic rings. The van der Waals surface area contributed by atoms with Crippen LogP contribution in [-0.4, -0.2) is 56.9 Å². The van der Waals surface area contributed by atoms with Gasteiger partial charge in [0, 0.05) is 11.8 Å². The lowest BCUT2D eigenvalue weighted by Crippen LogP contribution is -2.31. The lowest BCUT2D eigenvalue weighted by molar-refractivity contribution is 0.114. The number of hydrogen-bond acceptors (Lipinski definition) is 8. The predicted octanol–water partition coefficient (Wildman–Crippen LogP) is 2.00. The highest BCUT2D eigenvalue weighted by atomic mass is 19.1. The minimum Gasteiger partial charge on any atom is -0.479 e. The Morgan fingerprint density at radius 3 is 2.79 bits per heavy atom. The molecule has 1 fully saturated rings. The summed E-state index contributed by atoms with van der Waals surface area (Å²) in [5.74, 6) is 4.68. The van der Waals surface area contributed by atoms with E-state index in [4.69, 9.17) is 15.6 Å². The van der Waals surface area contributed by atoms with Gasteiger partial charge in [-0.05, 0) is 51.1 Å². The fourth-order valence-electron chi connectivity index (χ4n) is 3.84. The number of ether oxygens (including phenoxy) is 1. The van der Waals surface area contributed by atoms with Crippen molar-refractivity contribution in [2.24, 2.45) is 15.9 Å². The average Bonchev–Trinajstić information content (AvgIpc) is 3.20. The lowest BCUT2D eigenvalue weighted by atomic mass is 10.0. The molecule has 1 aliphatic rings. The second-order valence-electron chi connectivity index (χ2n) is 7.74. The molecule has 0 bridgehead atoms. The smallest absolute Gasteiger partial charge is 0.172 e. The van der Waals surface area contributed by atoms with Gasteiger partial charge in [-0.15, -0.1) is 0 Å². The molecule has 1 aliphatic heterocycles. The van der Waals surface area contributed by atoms with Gasteiger partial charge in [-0.1, -0.05) is 0 Å². The van der Waals surface area contributed by atoms with E-state index in [1.165, 1.54) is 16.6 Å². The number of pyridine rings is 2. The van der Waals surface area contributed by atoms with Gasteiger partial charge in [0.1, 0.15) is 22.8 Å². The standard InChI is InChI=1S/C22H25F2N7O2/c1-13(29-16-4-6-26-7-5-16)21(30-25)14-8-19(22-17(24)10-28-31(22)11-14)33-20(12-32)18-3-2-15(23)9-27-18/h2-3,8-11,16,20,26,32H,4-7,12,25H2,1H3/b29-13?,30-21+. The summed E-state index contributed by atoms with van der Waals surface area (Å²) in [4.78, 5) is 8.73. The highest BCUT2D eigenvalue weighted by Crippen LogP contribution is 2.29. The van der Waals surface area contributed by atoms with Crippen molar-refractivity contribution in [2.75, 3.05) is 19.7 Å². The van der Waals surface area contributed by atoms with E-state index in [0.29, 0.717) is 22.7 Å². The second kappa shape index (κ2) is 10.0. The number of halogens is 2. The Bertz CT molecular complexity index is 1170. The number of aliphatic hydroxyl groups excluding tert-OH is 1. The minimum atomic E-state index is -0.957. The fraction of sp³-hybridized carbons (Fsp3) is 0.364. The predicted molar refractivity (Wildman–Crippen MR) is 120 cm³/mol. The SMILES string of the molecule is CC(=NC1CCNCC1)/C(=N\N)c1cc(OC(CO)c2ccc(F)cn2)c2c(F)cnn2c1. The number of hydrazone groups is 1. The normalized spacial score (nSPS) is 16.8. The van der Waals surface area contributed by atoms with Crippen LogP contribution in [0.15, 0.2) is 46.9 Å². The topological polar surface area (TPSA) is 122 Å². The monoisotopic (exact) mass is 457 g/mol. The van der Waals surface area contributed by atoms with Crippen LogP contribution in [0, 0.1) is 11.6 Å². The van der Waals surface area contributed by atoms with Crippen LogP contribution in [0.1, 0.15) is 37.1 Å². The number of nitrogens with two attached hydrogens (primary N) is 1. The largest absolute Gasteiger partial charge is 0.479 e. The van der Waals surface area contributed by atoms with Gasteiger partial charge >= 0.3 is 0 Å². The molecule has 174 valence electrons. The Hall–Kier alpha value is -3.44. The van der Waals surface area contributed by atoms with Crippen molar-refractivity contribution in [1.29, 1.82) is 0 Å². The third kappa shape index (κ3) is 4.99. The maximum Gasteiger partial charge on any atom is 0.172 e. The number of hydrogen-bond donors (Lipinski definition) is 3. The summed E-state index contributed by atoms with van der Waals surface area (Å²) in [5, 5.41) is 21.1. The summed E-state index contributed by atoms with van der Waals surface area (Å²) >= 11 is 0. The number of aliphatic imine (C=N–C) groups is 1. The van der Waals surface area contributed by atoms with Crippen molar-refractivity contribution in [3.63, 3.8) is 0 Å². The molecule has 1 atom stereocenters. The maximum atomic E-state index is 14.5. The van der Waals surface area contributed by atoms with Crippen LogP contribution in [-0.2, 0) is 0 Å². The highest BCUT2D eigenvalue weighted by Gasteiger charge is 2.22. The Labute approximate surface area is 189 Å². The molecule has 0 radical (unpaired) electrons. The quantitative estimate of drug-likeness (QED) is 0.283. The van der Waals surface area contributed by atoms with Gasteiger partial charge in [0.05, 0.1) is 36.4 Å². The van der Waals surface area contributed by atoms with Crippen LogP contribution in [0.2, 0.25) is 0 Å². The fourth-order valence-corrected chi connectivity index (χ4v) is 3.84. The Morgan fingerprint density at radius 1 is 1.33 bits per heavy atom. The molecule has 3 aromatic heterocycles. The van der Waals surface area contributed by atoms with E-state index in [1.807, 2.05) is 6.92 Å². The van der Waals surface area contributed by atoms with Crippen molar-refractivity contribution in [3.8, 4) is 5.75 Å². The van der Waals surface area contributed by atoms with Crippen LogP contribution in [0.3, 0.4) is 0 Å². The second-order valence-corrected chi connectivity index (χ2v) is 7.74. The molecule has 1 unspecified atom stereocenters. The van der Waals surface area contributed by atoms with E-state index in [1.54, 1.807) is 12.3 Å². The first kappa shape index (κ1) is 22.7. The van der Waals surface area contributed by atoms with E-state index in [9.17, 15) is 13.9 Å². The number of piperidine rings is 1. The summed E-state index contributed by atoms with van der Waals surface area (Å²) < 4.78 is 35.0. The molecule has 4 rings (SSSR count). The van der Waals surface area contributed by atoms with Crippen molar-refractivity contribution < 1.29 is 18.6 Å². The summed E-state index contributed by atoms with van der Waals surface area (Å²) in [6.45, 7) is 3.15. The average molecular weight is 457 g/mol. The zero-order valence-electron chi connectivity index (χ0n) is 18.1. The van der Waals surface area contributed by atoms with Gasteiger partial charge in [-0.3, -0.25) is 9.98 Å². The van der Waals surface area contributed by atoms with Crippen LogP contribution < -0.4 is 15.9 Å². The van der Waals surface area contributed by atoms with E-state index >= 15 is 0 Å². The third-order valence-electron chi connectivity index (χ3n) is 5.48. The molecule has 0 aliphatic carbocycles. The van der Waals surface area contributed by atoms with Crippen molar-refractivity contribution >= 4 is 16.9 Å². The molecule has 0 spiro atoms. The molecular weight excluding hydrogens is 432 g/mol. The van der Waals surface area contributed by atoms with Crippen molar-refractivity contribution in [2.45, 2.75) is 31.9 Å². The first-order chi connectivity index (χ1) is 16.0.